The summed E-state index contributed by atoms with van der Waals surface area (Å²) in [5.74, 6) is 2.49. The van der Waals surface area contributed by atoms with E-state index in [9.17, 15) is 0 Å². The fourth-order valence-corrected chi connectivity index (χ4v) is 3.14. The number of ether oxygens (including phenoxy) is 1. The van der Waals surface area contributed by atoms with Crippen molar-refractivity contribution in [2.75, 3.05) is 0 Å². The van der Waals surface area contributed by atoms with Crippen LogP contribution in [-0.2, 0) is 6.54 Å². The molecule has 1 aromatic heterocycles. The van der Waals surface area contributed by atoms with Crippen LogP contribution in [0.2, 0.25) is 0 Å². The first-order valence-electron chi connectivity index (χ1n) is 8.18. The predicted octanol–water partition coefficient (Wildman–Crippen LogP) is 4.17. The largest absolute Gasteiger partial charge is 0.490 e. The summed E-state index contributed by atoms with van der Waals surface area (Å²) in [6, 6.07) is 4.05. The van der Waals surface area contributed by atoms with Crippen LogP contribution in [0.5, 0.6) is 5.75 Å². The number of hydrogen-bond donors (Lipinski definition) is 1. The molecule has 0 aromatic carbocycles. The number of nitrogens with one attached hydrogen (secondary N) is 1. The van der Waals surface area contributed by atoms with Gasteiger partial charge in [-0.2, -0.15) is 0 Å². The Bertz CT molecular complexity index is 443. The quantitative estimate of drug-likeness (QED) is 0.903. The number of rotatable bonds is 4. The molecule has 1 aliphatic rings. The van der Waals surface area contributed by atoms with Gasteiger partial charge in [-0.05, 0) is 57.9 Å². The van der Waals surface area contributed by atoms with Crippen LogP contribution in [0.15, 0.2) is 18.3 Å². The average Bonchev–Trinajstić information content (AvgIpc) is 2.35. The second-order valence-corrected chi connectivity index (χ2v) is 7.74. The lowest BCUT2D eigenvalue weighted by atomic mass is 9.82. The summed E-state index contributed by atoms with van der Waals surface area (Å²) >= 11 is 0. The van der Waals surface area contributed by atoms with Crippen molar-refractivity contribution in [3.8, 4) is 5.75 Å². The Hall–Kier alpha value is -1.09. The normalized spacial score (nSPS) is 26.6. The maximum Gasteiger partial charge on any atom is 0.123 e. The Kier molecular flexibility index (Phi) is 5.26. The van der Waals surface area contributed by atoms with Crippen LogP contribution in [0.1, 0.15) is 59.6 Å². The highest BCUT2D eigenvalue weighted by Crippen LogP contribution is 2.31. The number of pyridine rings is 1. The van der Waals surface area contributed by atoms with Crippen LogP contribution in [-0.4, -0.2) is 16.6 Å². The van der Waals surface area contributed by atoms with Gasteiger partial charge in [-0.3, -0.25) is 4.98 Å². The fourth-order valence-electron chi connectivity index (χ4n) is 3.14. The maximum atomic E-state index is 6.20. The van der Waals surface area contributed by atoms with Crippen LogP contribution < -0.4 is 10.1 Å². The summed E-state index contributed by atoms with van der Waals surface area (Å²) in [6.07, 6.45) is 5.88. The van der Waals surface area contributed by atoms with Gasteiger partial charge in [0.15, 0.2) is 0 Å². The third kappa shape index (κ3) is 5.66. The van der Waals surface area contributed by atoms with Gasteiger partial charge in [-0.15, -0.1) is 0 Å². The molecule has 0 aliphatic heterocycles. The highest BCUT2D eigenvalue weighted by atomic mass is 16.5. The molecule has 3 heteroatoms. The molecule has 1 heterocycles. The summed E-state index contributed by atoms with van der Waals surface area (Å²) in [5.41, 5.74) is 1.14. The first kappa shape index (κ1) is 16.3. The Morgan fingerprint density at radius 2 is 1.86 bits per heavy atom. The van der Waals surface area contributed by atoms with Gasteiger partial charge in [0.25, 0.3) is 0 Å². The molecule has 1 aromatic rings. The van der Waals surface area contributed by atoms with Gasteiger partial charge in [0.2, 0.25) is 0 Å². The van der Waals surface area contributed by atoms with Gasteiger partial charge in [-0.1, -0.05) is 13.8 Å². The molecule has 0 radical (unpaired) electrons. The lowest BCUT2D eigenvalue weighted by Gasteiger charge is -2.31. The van der Waals surface area contributed by atoms with Crippen LogP contribution in [0.25, 0.3) is 0 Å². The first-order valence-corrected chi connectivity index (χ1v) is 8.18. The molecular weight excluding hydrogens is 260 g/mol. The van der Waals surface area contributed by atoms with E-state index in [-0.39, 0.29) is 5.54 Å². The summed E-state index contributed by atoms with van der Waals surface area (Å²) < 4.78 is 6.20. The van der Waals surface area contributed by atoms with Gasteiger partial charge in [-0.25, -0.2) is 0 Å². The van der Waals surface area contributed by atoms with E-state index in [0.717, 1.165) is 29.8 Å². The van der Waals surface area contributed by atoms with E-state index in [4.69, 9.17) is 4.74 Å². The average molecular weight is 290 g/mol. The van der Waals surface area contributed by atoms with Crippen molar-refractivity contribution in [3.05, 3.63) is 24.0 Å². The minimum atomic E-state index is 0.104. The SMILES string of the molecule is CC1CC(C)CC(Oc2ccnc(CNC(C)(C)C)c2)C1. The smallest absolute Gasteiger partial charge is 0.123 e. The fraction of sp³-hybridized carbons (Fsp3) is 0.722. The molecule has 2 rings (SSSR count). The van der Waals surface area contributed by atoms with Crippen LogP contribution in [0, 0.1) is 11.8 Å². The Morgan fingerprint density at radius 3 is 2.48 bits per heavy atom. The minimum absolute atomic E-state index is 0.104. The van der Waals surface area contributed by atoms with E-state index in [1.54, 1.807) is 0 Å². The zero-order valence-corrected chi connectivity index (χ0v) is 14.1. The topological polar surface area (TPSA) is 34.1 Å². The van der Waals surface area contributed by atoms with E-state index < -0.39 is 0 Å². The van der Waals surface area contributed by atoms with Crippen molar-refractivity contribution in [2.45, 2.75) is 72.1 Å². The van der Waals surface area contributed by atoms with Gasteiger partial charge in [0.1, 0.15) is 5.75 Å². The highest BCUT2D eigenvalue weighted by molar-refractivity contribution is 5.23. The van der Waals surface area contributed by atoms with E-state index in [1.165, 1.54) is 19.3 Å². The van der Waals surface area contributed by atoms with Crippen LogP contribution in [0.3, 0.4) is 0 Å². The van der Waals surface area contributed by atoms with Crippen molar-refractivity contribution in [1.82, 2.24) is 10.3 Å². The molecule has 3 nitrogen and oxygen atoms in total. The molecule has 1 aliphatic carbocycles. The maximum absolute atomic E-state index is 6.20. The molecule has 1 N–H and O–H groups in total. The van der Waals surface area contributed by atoms with Crippen LogP contribution in [0.4, 0.5) is 0 Å². The summed E-state index contributed by atoms with van der Waals surface area (Å²) in [5, 5.41) is 3.47. The van der Waals surface area contributed by atoms with E-state index >= 15 is 0 Å². The van der Waals surface area contributed by atoms with Crippen molar-refractivity contribution >= 4 is 0 Å². The van der Waals surface area contributed by atoms with Crippen LogP contribution >= 0.6 is 0 Å². The monoisotopic (exact) mass is 290 g/mol. The zero-order valence-electron chi connectivity index (χ0n) is 14.1. The molecule has 1 fully saturated rings. The zero-order chi connectivity index (χ0) is 15.5. The summed E-state index contributed by atoms with van der Waals surface area (Å²) in [4.78, 5) is 4.42. The molecule has 0 amide bonds. The third-order valence-electron chi connectivity index (χ3n) is 4.03. The van der Waals surface area contributed by atoms with Crippen molar-refractivity contribution in [1.29, 1.82) is 0 Å². The van der Waals surface area contributed by atoms with Crippen molar-refractivity contribution in [2.24, 2.45) is 11.8 Å². The molecule has 0 saturated heterocycles. The molecular formula is C18H30N2O. The molecule has 21 heavy (non-hydrogen) atoms. The summed E-state index contributed by atoms with van der Waals surface area (Å²) in [6.45, 7) is 11.9. The van der Waals surface area contributed by atoms with Gasteiger partial charge in [0.05, 0.1) is 11.8 Å². The van der Waals surface area contributed by atoms with E-state index in [1.807, 2.05) is 12.3 Å². The lowest BCUT2D eigenvalue weighted by Crippen LogP contribution is -2.35. The Balaban J connectivity index is 1.94. The number of nitrogens with zero attached hydrogens (tertiary/aromatic N) is 1. The standard InChI is InChI=1S/C18H30N2O/c1-13-8-14(2)10-17(9-13)21-16-6-7-19-15(11-16)12-20-18(3,4)5/h6-7,11,13-14,17,20H,8-10,12H2,1-5H3. The second kappa shape index (κ2) is 6.78. The molecule has 2 unspecified atom stereocenters. The lowest BCUT2D eigenvalue weighted by molar-refractivity contribution is 0.101. The van der Waals surface area contributed by atoms with Gasteiger partial charge >= 0.3 is 0 Å². The molecule has 0 spiro atoms. The van der Waals surface area contributed by atoms with Crippen molar-refractivity contribution in [3.63, 3.8) is 0 Å². The van der Waals surface area contributed by atoms with E-state index in [0.29, 0.717) is 6.10 Å². The number of aromatic nitrogens is 1. The molecule has 2 atom stereocenters. The van der Waals surface area contributed by atoms with Gasteiger partial charge in [0, 0.05) is 24.3 Å². The highest BCUT2D eigenvalue weighted by Gasteiger charge is 2.25. The minimum Gasteiger partial charge on any atom is -0.490 e. The predicted molar refractivity (Wildman–Crippen MR) is 87.4 cm³/mol. The molecule has 1 saturated carbocycles. The Morgan fingerprint density at radius 1 is 1.19 bits per heavy atom. The first-order chi connectivity index (χ1) is 9.82. The molecule has 0 bridgehead atoms. The van der Waals surface area contributed by atoms with Gasteiger partial charge < -0.3 is 10.1 Å². The second-order valence-electron chi connectivity index (χ2n) is 7.74. The molecule has 118 valence electrons. The third-order valence-corrected chi connectivity index (χ3v) is 4.03. The van der Waals surface area contributed by atoms with E-state index in [2.05, 4.69) is 51.0 Å². The van der Waals surface area contributed by atoms with Crippen molar-refractivity contribution < 1.29 is 4.74 Å². The Labute approximate surface area is 129 Å². The summed E-state index contributed by atoms with van der Waals surface area (Å²) in [7, 11) is 0. The number of hydrogen-bond acceptors (Lipinski definition) is 3.